The SMILES string of the molecule is COCCCN(C(=O)c1ccn(-c2cccc(F)c2)n1)c1c(N)n(Cc2ccccc2)c(=O)[nH]c1=O. The summed E-state index contributed by atoms with van der Waals surface area (Å²) in [5.74, 6) is -1.21. The number of aromatic amines is 1. The first kappa shape index (κ1) is 24.6. The highest BCUT2D eigenvalue weighted by Gasteiger charge is 2.26. The lowest BCUT2D eigenvalue weighted by Crippen LogP contribution is -2.42. The lowest BCUT2D eigenvalue weighted by atomic mass is 10.2. The van der Waals surface area contributed by atoms with Gasteiger partial charge in [-0.15, -0.1) is 0 Å². The summed E-state index contributed by atoms with van der Waals surface area (Å²) >= 11 is 0. The number of rotatable bonds is 9. The van der Waals surface area contributed by atoms with Gasteiger partial charge in [0.1, 0.15) is 11.6 Å². The van der Waals surface area contributed by atoms with Crippen molar-refractivity contribution < 1.29 is 13.9 Å². The number of nitrogens with two attached hydrogens (primary N) is 1. The number of nitrogens with one attached hydrogen (secondary N) is 1. The van der Waals surface area contributed by atoms with Gasteiger partial charge < -0.3 is 10.5 Å². The van der Waals surface area contributed by atoms with Gasteiger partial charge in [-0.25, -0.2) is 13.9 Å². The summed E-state index contributed by atoms with van der Waals surface area (Å²) in [5.41, 5.74) is 5.90. The molecule has 2 heterocycles. The minimum Gasteiger partial charge on any atom is -0.385 e. The lowest BCUT2D eigenvalue weighted by Gasteiger charge is -2.24. The van der Waals surface area contributed by atoms with Crippen molar-refractivity contribution in [1.29, 1.82) is 0 Å². The van der Waals surface area contributed by atoms with Gasteiger partial charge in [0.25, 0.3) is 11.5 Å². The predicted molar refractivity (Wildman–Crippen MR) is 133 cm³/mol. The van der Waals surface area contributed by atoms with E-state index in [0.29, 0.717) is 18.7 Å². The van der Waals surface area contributed by atoms with E-state index in [1.807, 2.05) is 30.3 Å². The Bertz CT molecular complexity index is 1480. The molecule has 0 saturated heterocycles. The first-order chi connectivity index (χ1) is 17.4. The molecule has 0 bridgehead atoms. The van der Waals surface area contributed by atoms with Crippen molar-refractivity contribution >= 4 is 17.4 Å². The van der Waals surface area contributed by atoms with Gasteiger partial charge in [0, 0.05) is 26.5 Å². The van der Waals surface area contributed by atoms with Crippen LogP contribution < -0.4 is 21.9 Å². The van der Waals surface area contributed by atoms with Gasteiger partial charge in [-0.05, 0) is 36.2 Å². The number of carbonyl (C=O) groups excluding carboxylic acids is 1. The Morgan fingerprint density at radius 3 is 2.64 bits per heavy atom. The molecule has 11 heteroatoms. The van der Waals surface area contributed by atoms with Crippen molar-refractivity contribution in [3.8, 4) is 5.69 Å². The van der Waals surface area contributed by atoms with Gasteiger partial charge in [0.15, 0.2) is 11.4 Å². The van der Waals surface area contributed by atoms with Gasteiger partial charge in [0.2, 0.25) is 0 Å². The third-order valence-electron chi connectivity index (χ3n) is 5.52. The predicted octanol–water partition coefficient (Wildman–Crippen LogP) is 2.18. The number of amides is 1. The Hall–Kier alpha value is -4.51. The number of ether oxygens (including phenoxy) is 1. The van der Waals surface area contributed by atoms with Crippen LogP contribution >= 0.6 is 0 Å². The summed E-state index contributed by atoms with van der Waals surface area (Å²) in [4.78, 5) is 42.5. The van der Waals surface area contributed by atoms with E-state index in [2.05, 4.69) is 10.1 Å². The van der Waals surface area contributed by atoms with Crippen molar-refractivity contribution in [2.75, 3.05) is 30.9 Å². The average molecular weight is 493 g/mol. The number of methoxy groups -OCH3 is 1. The number of carbonyl (C=O) groups is 1. The first-order valence-electron chi connectivity index (χ1n) is 11.2. The number of aromatic nitrogens is 4. The van der Waals surface area contributed by atoms with Crippen LogP contribution in [0.3, 0.4) is 0 Å². The summed E-state index contributed by atoms with van der Waals surface area (Å²) in [7, 11) is 1.52. The van der Waals surface area contributed by atoms with Gasteiger partial charge in [-0.3, -0.25) is 24.0 Å². The average Bonchev–Trinajstić information content (AvgIpc) is 3.36. The number of nitrogens with zero attached hydrogens (tertiary/aromatic N) is 4. The molecule has 0 saturated carbocycles. The zero-order valence-corrected chi connectivity index (χ0v) is 19.6. The monoisotopic (exact) mass is 492 g/mol. The standard InChI is InChI=1S/C25H25FN6O4/c1-36-14-6-12-30(24(34)20-11-13-32(29-20)19-10-5-9-18(26)15-19)21-22(27)31(25(35)28-23(21)33)16-17-7-3-2-4-8-17/h2-5,7-11,13,15H,6,12,14,16,27H2,1H3,(H,28,33,35). The number of anilines is 2. The molecule has 36 heavy (non-hydrogen) atoms. The fraction of sp³-hybridized carbons (Fsp3) is 0.200. The second-order valence-electron chi connectivity index (χ2n) is 7.99. The van der Waals surface area contributed by atoms with Crippen LogP contribution in [-0.2, 0) is 11.3 Å². The molecule has 0 spiro atoms. The zero-order chi connectivity index (χ0) is 25.7. The molecule has 0 aliphatic rings. The molecule has 4 aromatic rings. The summed E-state index contributed by atoms with van der Waals surface area (Å²) in [5, 5.41) is 4.27. The van der Waals surface area contributed by atoms with Crippen molar-refractivity contribution in [2.24, 2.45) is 0 Å². The molecule has 4 rings (SSSR count). The molecule has 3 N–H and O–H groups in total. The molecule has 0 radical (unpaired) electrons. The lowest BCUT2D eigenvalue weighted by molar-refractivity contribution is 0.0978. The van der Waals surface area contributed by atoms with Crippen LogP contribution in [0.5, 0.6) is 0 Å². The number of hydrogen-bond acceptors (Lipinski definition) is 6. The van der Waals surface area contributed by atoms with Crippen LogP contribution in [0.4, 0.5) is 15.9 Å². The molecular formula is C25H25FN6O4. The molecular weight excluding hydrogens is 467 g/mol. The van der Waals surface area contributed by atoms with Gasteiger partial charge in [0.05, 0.1) is 12.2 Å². The topological polar surface area (TPSA) is 128 Å². The van der Waals surface area contributed by atoms with Crippen LogP contribution in [0, 0.1) is 5.82 Å². The van der Waals surface area contributed by atoms with Crippen LogP contribution in [0.15, 0.2) is 76.4 Å². The van der Waals surface area contributed by atoms with Gasteiger partial charge in [-0.2, -0.15) is 5.10 Å². The fourth-order valence-electron chi connectivity index (χ4n) is 3.78. The largest absolute Gasteiger partial charge is 0.385 e. The maximum atomic E-state index is 13.6. The Morgan fingerprint density at radius 1 is 1.14 bits per heavy atom. The highest BCUT2D eigenvalue weighted by atomic mass is 19.1. The van der Waals surface area contributed by atoms with Crippen LogP contribution in [-0.4, -0.2) is 45.5 Å². The van der Waals surface area contributed by atoms with Crippen molar-refractivity contribution in [1.82, 2.24) is 19.3 Å². The molecule has 10 nitrogen and oxygen atoms in total. The van der Waals surface area contributed by atoms with E-state index in [1.54, 1.807) is 6.07 Å². The second-order valence-corrected chi connectivity index (χ2v) is 7.99. The summed E-state index contributed by atoms with van der Waals surface area (Å²) in [6.07, 6.45) is 1.91. The zero-order valence-electron chi connectivity index (χ0n) is 19.6. The number of benzene rings is 2. The quantitative estimate of drug-likeness (QED) is 0.345. The van der Waals surface area contributed by atoms with Crippen LogP contribution in [0.25, 0.3) is 5.69 Å². The molecule has 2 aromatic carbocycles. The van der Waals surface area contributed by atoms with Crippen LogP contribution in [0.1, 0.15) is 22.5 Å². The molecule has 186 valence electrons. The molecule has 0 aliphatic carbocycles. The third kappa shape index (κ3) is 5.26. The summed E-state index contributed by atoms with van der Waals surface area (Å²) in [6.45, 7) is 0.503. The number of hydrogen-bond donors (Lipinski definition) is 2. The molecule has 0 aliphatic heterocycles. The molecule has 2 aromatic heterocycles. The van der Waals surface area contributed by atoms with Crippen LogP contribution in [0.2, 0.25) is 0 Å². The molecule has 0 unspecified atom stereocenters. The van der Waals surface area contributed by atoms with E-state index in [4.69, 9.17) is 10.5 Å². The van der Waals surface area contributed by atoms with Crippen molar-refractivity contribution in [3.05, 3.63) is 105 Å². The maximum Gasteiger partial charge on any atom is 0.330 e. The maximum absolute atomic E-state index is 13.6. The van der Waals surface area contributed by atoms with Crippen molar-refractivity contribution in [2.45, 2.75) is 13.0 Å². The highest BCUT2D eigenvalue weighted by Crippen LogP contribution is 2.21. The normalized spacial score (nSPS) is 10.9. The minimum absolute atomic E-state index is 0.0105. The van der Waals surface area contributed by atoms with E-state index in [9.17, 15) is 18.8 Å². The molecule has 0 fully saturated rings. The number of halogens is 1. The Balaban J connectivity index is 1.74. The van der Waals surface area contributed by atoms with E-state index in [-0.39, 0.29) is 30.3 Å². The Kier molecular flexibility index (Phi) is 7.40. The Labute approximate surface area is 205 Å². The highest BCUT2D eigenvalue weighted by molar-refractivity contribution is 6.06. The van der Waals surface area contributed by atoms with Gasteiger partial charge >= 0.3 is 5.69 Å². The smallest absolute Gasteiger partial charge is 0.330 e. The van der Waals surface area contributed by atoms with Crippen molar-refractivity contribution in [3.63, 3.8) is 0 Å². The second kappa shape index (κ2) is 10.8. The summed E-state index contributed by atoms with van der Waals surface area (Å²) in [6, 6.07) is 16.3. The summed E-state index contributed by atoms with van der Waals surface area (Å²) < 4.78 is 21.3. The number of nitrogen functional groups attached to an aromatic ring is 1. The third-order valence-corrected chi connectivity index (χ3v) is 5.52. The fourth-order valence-corrected chi connectivity index (χ4v) is 3.78. The van der Waals surface area contributed by atoms with E-state index >= 15 is 0 Å². The van der Waals surface area contributed by atoms with E-state index in [1.165, 1.54) is 51.7 Å². The van der Waals surface area contributed by atoms with E-state index in [0.717, 1.165) is 5.56 Å². The molecule has 0 atom stereocenters. The number of H-pyrrole nitrogens is 1. The van der Waals surface area contributed by atoms with E-state index < -0.39 is 23.0 Å². The minimum atomic E-state index is -0.794. The Morgan fingerprint density at radius 2 is 1.92 bits per heavy atom. The first-order valence-corrected chi connectivity index (χ1v) is 11.2. The van der Waals surface area contributed by atoms with Gasteiger partial charge in [-0.1, -0.05) is 36.4 Å². The molecule has 1 amide bonds.